The summed E-state index contributed by atoms with van der Waals surface area (Å²) in [6, 6.07) is 14.7. The molecule has 3 fully saturated rings. The van der Waals surface area contributed by atoms with Crippen molar-refractivity contribution in [1.29, 1.82) is 0 Å². The van der Waals surface area contributed by atoms with Crippen LogP contribution in [0.15, 0.2) is 79.9 Å². The number of nitrogens with zero attached hydrogens (tertiary/aromatic N) is 2. The quantitative estimate of drug-likeness (QED) is 0.153. The Kier molecular flexibility index (Phi) is 10.4. The SMILES string of the molecule is C=CCC1(S(=O)(=O)NC(=O)[C@@]2(NC(=O)[C@@H]3C[C@@H](Oc4cc(-c5ccccc5)nc5cc(OC)ccc45)CN3C(=O)[C@@H](NC=O)C(C)(C)C)CC2C=C)CC1. The minimum absolute atomic E-state index is 0.0206. The number of pyridine rings is 1. The molecule has 2 aliphatic carbocycles. The van der Waals surface area contributed by atoms with Crippen LogP contribution in [0.4, 0.5) is 0 Å². The highest BCUT2D eigenvalue weighted by atomic mass is 32.2. The van der Waals surface area contributed by atoms with Crippen LogP contribution < -0.4 is 24.8 Å². The summed E-state index contributed by atoms with van der Waals surface area (Å²) in [7, 11) is -2.52. The maximum Gasteiger partial charge on any atom is 0.259 e. The van der Waals surface area contributed by atoms with Crippen molar-refractivity contribution in [3.63, 3.8) is 0 Å². The Morgan fingerprint density at radius 2 is 1.81 bits per heavy atom. The Balaban J connectivity index is 1.32. The average Bonchev–Trinajstić information content (AvgIpc) is 4.04. The van der Waals surface area contributed by atoms with Gasteiger partial charge in [0.1, 0.15) is 35.2 Å². The number of amides is 4. The number of hydrogen-bond donors (Lipinski definition) is 3. The number of nitrogens with one attached hydrogen (secondary N) is 3. The van der Waals surface area contributed by atoms with Crippen molar-refractivity contribution in [3.8, 4) is 22.8 Å². The molecule has 6 rings (SSSR count). The number of benzene rings is 2. The highest BCUT2D eigenvalue weighted by molar-refractivity contribution is 7.91. The fraction of sp³-hybridized carbons (Fsp3) is 0.425. The van der Waals surface area contributed by atoms with E-state index < -0.39 is 67.6 Å². The lowest BCUT2D eigenvalue weighted by Crippen LogP contribution is -2.59. The van der Waals surface area contributed by atoms with E-state index in [9.17, 15) is 27.6 Å². The summed E-state index contributed by atoms with van der Waals surface area (Å²) < 4.78 is 39.9. The Bertz CT molecular complexity index is 2100. The number of ether oxygens (including phenoxy) is 2. The number of sulfonamides is 1. The van der Waals surface area contributed by atoms with E-state index in [0.717, 1.165) is 5.56 Å². The molecule has 3 N–H and O–H groups in total. The minimum Gasteiger partial charge on any atom is -0.497 e. The van der Waals surface area contributed by atoms with E-state index in [1.165, 1.54) is 17.1 Å². The lowest BCUT2D eigenvalue weighted by atomic mass is 9.85. The number of fused-ring (bicyclic) bond motifs is 1. The molecule has 0 radical (unpaired) electrons. The Morgan fingerprint density at radius 3 is 2.41 bits per heavy atom. The number of allylic oxidation sites excluding steroid dienone is 1. The fourth-order valence-electron chi connectivity index (χ4n) is 7.28. The standard InChI is InChI=1S/C40H47N5O8S/c1-7-16-39(17-18-39)54(50,51)44-37(49)40(22-26(40)8-2)43-35(47)32-20-28(23-45(32)36(48)34(41-24-46)38(3,4)5)53-33-21-30(25-12-10-9-11-13-25)42-31-19-27(52-6)14-15-29(31)33/h7-15,19,21,24,26,28,32,34H,1-2,16-18,20,22-23H2,3-6H3,(H,41,46)(H,43,47)(H,44,49)/t26?,28-,32+,34-,40-/m1/s1. The number of rotatable bonds is 15. The number of hydrogen-bond acceptors (Lipinski definition) is 9. The summed E-state index contributed by atoms with van der Waals surface area (Å²) >= 11 is 0. The molecule has 13 nitrogen and oxygen atoms in total. The van der Waals surface area contributed by atoms with Crippen molar-refractivity contribution in [3.05, 3.63) is 79.9 Å². The van der Waals surface area contributed by atoms with Gasteiger partial charge in [-0.1, -0.05) is 63.3 Å². The number of aromatic nitrogens is 1. The van der Waals surface area contributed by atoms with E-state index >= 15 is 0 Å². The van der Waals surface area contributed by atoms with Crippen LogP contribution >= 0.6 is 0 Å². The summed E-state index contributed by atoms with van der Waals surface area (Å²) in [4.78, 5) is 60.3. The number of carbonyl (C=O) groups excluding carboxylic acids is 4. The van der Waals surface area contributed by atoms with Crippen molar-refractivity contribution in [2.75, 3.05) is 13.7 Å². The van der Waals surface area contributed by atoms with Gasteiger partial charge in [-0.3, -0.25) is 23.9 Å². The van der Waals surface area contributed by atoms with Crippen LogP contribution in [0.2, 0.25) is 0 Å². The molecular weight excluding hydrogens is 711 g/mol. The van der Waals surface area contributed by atoms with Crippen LogP contribution in [-0.2, 0) is 29.2 Å². The Morgan fingerprint density at radius 1 is 1.09 bits per heavy atom. The maximum absolute atomic E-state index is 14.4. The molecule has 14 heteroatoms. The first-order chi connectivity index (χ1) is 25.6. The molecule has 0 spiro atoms. The lowest BCUT2D eigenvalue weighted by Gasteiger charge is -2.34. The first-order valence-corrected chi connectivity index (χ1v) is 19.4. The summed E-state index contributed by atoms with van der Waals surface area (Å²) in [5.74, 6) is -1.49. The molecule has 1 aromatic heterocycles. The molecular formula is C40H47N5O8S. The monoisotopic (exact) mass is 757 g/mol. The highest BCUT2D eigenvalue weighted by Gasteiger charge is 2.63. The molecule has 3 aliphatic rings. The lowest BCUT2D eigenvalue weighted by molar-refractivity contribution is -0.143. The molecule has 54 heavy (non-hydrogen) atoms. The highest BCUT2D eigenvalue weighted by Crippen LogP contribution is 2.49. The predicted molar refractivity (Wildman–Crippen MR) is 204 cm³/mol. The molecule has 1 aliphatic heterocycles. The smallest absolute Gasteiger partial charge is 0.259 e. The average molecular weight is 758 g/mol. The fourth-order valence-corrected chi connectivity index (χ4v) is 8.90. The molecule has 1 saturated heterocycles. The first-order valence-electron chi connectivity index (χ1n) is 18.0. The van der Waals surface area contributed by atoms with E-state index in [4.69, 9.17) is 14.5 Å². The van der Waals surface area contributed by atoms with Crippen LogP contribution in [0, 0.1) is 11.3 Å². The third kappa shape index (κ3) is 7.31. The van der Waals surface area contributed by atoms with Gasteiger partial charge in [0, 0.05) is 35.4 Å². The van der Waals surface area contributed by atoms with Gasteiger partial charge in [-0.2, -0.15) is 0 Å². The number of likely N-dealkylation sites (tertiary alicyclic amines) is 1. The summed E-state index contributed by atoms with van der Waals surface area (Å²) in [5.41, 5.74) is -0.207. The van der Waals surface area contributed by atoms with Crippen LogP contribution in [0.3, 0.4) is 0 Å². The van der Waals surface area contributed by atoms with Crippen LogP contribution in [-0.4, -0.2) is 84.6 Å². The van der Waals surface area contributed by atoms with Crippen LogP contribution in [0.5, 0.6) is 11.5 Å². The summed E-state index contributed by atoms with van der Waals surface area (Å²) in [6.07, 6.45) is 3.91. The molecule has 2 aromatic carbocycles. The van der Waals surface area contributed by atoms with E-state index in [1.807, 2.05) is 42.5 Å². The normalized spacial score (nSPS) is 23.4. The van der Waals surface area contributed by atoms with Gasteiger partial charge in [-0.15, -0.1) is 13.2 Å². The van der Waals surface area contributed by atoms with Crippen molar-refractivity contribution in [1.82, 2.24) is 25.2 Å². The molecule has 2 saturated carbocycles. The van der Waals surface area contributed by atoms with Gasteiger partial charge in [-0.25, -0.2) is 13.4 Å². The van der Waals surface area contributed by atoms with Gasteiger partial charge in [-0.05, 0) is 43.2 Å². The topological polar surface area (TPSA) is 173 Å². The molecule has 286 valence electrons. The maximum atomic E-state index is 14.4. The second-order valence-corrected chi connectivity index (χ2v) is 17.5. The van der Waals surface area contributed by atoms with Gasteiger partial charge >= 0.3 is 0 Å². The van der Waals surface area contributed by atoms with Gasteiger partial charge < -0.3 is 25.0 Å². The minimum atomic E-state index is -4.08. The van der Waals surface area contributed by atoms with Gasteiger partial charge in [0.05, 0.1) is 29.6 Å². The number of methoxy groups -OCH3 is 1. The molecule has 2 heterocycles. The second kappa shape index (κ2) is 14.5. The van der Waals surface area contributed by atoms with E-state index in [0.29, 0.717) is 47.3 Å². The zero-order valence-corrected chi connectivity index (χ0v) is 31.8. The third-order valence-corrected chi connectivity index (χ3v) is 12.9. The van der Waals surface area contributed by atoms with Crippen LogP contribution in [0.1, 0.15) is 52.9 Å². The van der Waals surface area contributed by atoms with Gasteiger partial charge in [0.15, 0.2) is 0 Å². The van der Waals surface area contributed by atoms with E-state index in [1.54, 1.807) is 40.0 Å². The van der Waals surface area contributed by atoms with Crippen molar-refractivity contribution >= 4 is 45.1 Å². The molecule has 0 bridgehead atoms. The molecule has 3 aromatic rings. The summed E-state index contributed by atoms with van der Waals surface area (Å²) in [6.45, 7) is 12.8. The zero-order valence-electron chi connectivity index (χ0n) is 31.0. The molecule has 4 amide bonds. The summed E-state index contributed by atoms with van der Waals surface area (Å²) in [5, 5.41) is 6.12. The first kappa shape index (κ1) is 38.5. The Hall–Kier alpha value is -5.24. The molecule has 5 atom stereocenters. The van der Waals surface area contributed by atoms with Gasteiger partial charge in [0.2, 0.25) is 28.2 Å². The van der Waals surface area contributed by atoms with Crippen molar-refractivity contribution < 1.29 is 37.1 Å². The van der Waals surface area contributed by atoms with E-state index in [2.05, 4.69) is 28.5 Å². The molecule has 1 unspecified atom stereocenters. The predicted octanol–water partition coefficient (Wildman–Crippen LogP) is 4.04. The van der Waals surface area contributed by atoms with Crippen LogP contribution in [0.25, 0.3) is 22.2 Å². The van der Waals surface area contributed by atoms with Crippen molar-refractivity contribution in [2.24, 2.45) is 11.3 Å². The second-order valence-electron chi connectivity index (χ2n) is 15.4. The third-order valence-electron chi connectivity index (χ3n) is 10.7. The largest absolute Gasteiger partial charge is 0.497 e. The number of carbonyl (C=O) groups is 4. The zero-order chi connectivity index (χ0) is 39.1. The Labute approximate surface area is 315 Å². The van der Waals surface area contributed by atoms with E-state index in [-0.39, 0.29) is 25.8 Å². The van der Waals surface area contributed by atoms with Crippen molar-refractivity contribution in [2.45, 2.75) is 81.3 Å². The van der Waals surface area contributed by atoms with Gasteiger partial charge in [0.25, 0.3) is 5.91 Å².